The van der Waals surface area contributed by atoms with E-state index in [4.69, 9.17) is 4.74 Å². The third-order valence-corrected chi connectivity index (χ3v) is 6.83. The lowest BCUT2D eigenvalue weighted by atomic mass is 9.78. The molecule has 3 rings (SSSR count). The summed E-state index contributed by atoms with van der Waals surface area (Å²) in [7, 11) is 1.75. The number of alkyl halides is 1. The highest BCUT2D eigenvalue weighted by atomic mass is 19.1. The first kappa shape index (κ1) is 23.7. The molecule has 31 heavy (non-hydrogen) atoms. The molecule has 2 aromatic rings. The summed E-state index contributed by atoms with van der Waals surface area (Å²) in [6.07, 6.45) is 16.1. The third kappa shape index (κ3) is 8.26. The molecule has 168 valence electrons. The van der Waals surface area contributed by atoms with Crippen LogP contribution in [0.1, 0.15) is 62.5 Å². The van der Waals surface area contributed by atoms with E-state index < -0.39 is 0 Å². The van der Waals surface area contributed by atoms with E-state index in [1.807, 2.05) is 6.08 Å². The fourth-order valence-corrected chi connectivity index (χ4v) is 4.76. The third-order valence-electron chi connectivity index (χ3n) is 6.83. The molecule has 0 saturated heterocycles. The first-order valence-corrected chi connectivity index (χ1v) is 12.2. The Bertz CT molecular complexity index is 754. The molecule has 0 atom stereocenters. The summed E-state index contributed by atoms with van der Waals surface area (Å²) in [5.74, 6) is 1.77. The van der Waals surface area contributed by atoms with Gasteiger partial charge in [-0.05, 0) is 72.6 Å². The zero-order valence-corrected chi connectivity index (χ0v) is 19.2. The van der Waals surface area contributed by atoms with E-state index in [-0.39, 0.29) is 6.67 Å². The summed E-state index contributed by atoms with van der Waals surface area (Å²) in [6, 6.07) is 18.0. The molecule has 1 saturated carbocycles. The number of hydrogen-bond acceptors (Lipinski definition) is 1. The standard InChI is InChI=1S/C29H39FO/c1-31-23-21-27-15-19-29(20-16-27)28-17-13-26(14-18-28)12-11-25-9-7-24(8-10-25)6-4-2-3-5-22-30/h2-3,13-20,24-25H,4-12,21-23H2,1H3/b3-2+. The summed E-state index contributed by atoms with van der Waals surface area (Å²) in [5, 5.41) is 0. The van der Waals surface area contributed by atoms with Crippen molar-refractivity contribution in [1.29, 1.82) is 0 Å². The van der Waals surface area contributed by atoms with Crippen molar-refractivity contribution in [2.75, 3.05) is 20.4 Å². The van der Waals surface area contributed by atoms with E-state index in [9.17, 15) is 4.39 Å². The van der Waals surface area contributed by atoms with Crippen molar-refractivity contribution >= 4 is 0 Å². The molecule has 1 aliphatic carbocycles. The molecule has 0 unspecified atom stereocenters. The Hall–Kier alpha value is -1.93. The minimum atomic E-state index is -0.229. The highest BCUT2D eigenvalue weighted by Crippen LogP contribution is 2.34. The Balaban J connectivity index is 1.38. The van der Waals surface area contributed by atoms with Crippen LogP contribution in [-0.4, -0.2) is 20.4 Å². The van der Waals surface area contributed by atoms with E-state index >= 15 is 0 Å². The number of rotatable bonds is 12. The molecule has 0 amide bonds. The van der Waals surface area contributed by atoms with Crippen molar-refractivity contribution < 1.29 is 9.13 Å². The smallest absolute Gasteiger partial charge is 0.0928 e. The predicted octanol–water partition coefficient (Wildman–Crippen LogP) is 7.98. The van der Waals surface area contributed by atoms with Crippen LogP contribution in [-0.2, 0) is 17.6 Å². The fourth-order valence-electron chi connectivity index (χ4n) is 4.76. The second-order valence-corrected chi connectivity index (χ2v) is 9.09. The lowest BCUT2D eigenvalue weighted by Gasteiger charge is -2.28. The molecule has 0 aliphatic heterocycles. The van der Waals surface area contributed by atoms with Crippen LogP contribution in [0.3, 0.4) is 0 Å². The van der Waals surface area contributed by atoms with Gasteiger partial charge in [0.2, 0.25) is 0 Å². The van der Waals surface area contributed by atoms with Crippen molar-refractivity contribution in [2.45, 2.75) is 64.2 Å². The number of benzene rings is 2. The Morgan fingerprint density at radius 2 is 1.26 bits per heavy atom. The van der Waals surface area contributed by atoms with Gasteiger partial charge in [-0.15, -0.1) is 0 Å². The van der Waals surface area contributed by atoms with Gasteiger partial charge in [-0.1, -0.05) is 86.4 Å². The van der Waals surface area contributed by atoms with E-state index in [2.05, 4.69) is 54.6 Å². The topological polar surface area (TPSA) is 9.23 Å². The van der Waals surface area contributed by atoms with Crippen molar-refractivity contribution in [3.63, 3.8) is 0 Å². The maximum Gasteiger partial charge on any atom is 0.0928 e. The van der Waals surface area contributed by atoms with Gasteiger partial charge in [0.1, 0.15) is 0 Å². The van der Waals surface area contributed by atoms with Crippen LogP contribution in [0.25, 0.3) is 11.1 Å². The minimum absolute atomic E-state index is 0.229. The van der Waals surface area contributed by atoms with Gasteiger partial charge in [-0.3, -0.25) is 4.39 Å². The molecule has 1 aliphatic rings. The maximum absolute atomic E-state index is 12.1. The lowest BCUT2D eigenvalue weighted by Crippen LogP contribution is -2.15. The second-order valence-electron chi connectivity index (χ2n) is 9.09. The minimum Gasteiger partial charge on any atom is -0.384 e. The SMILES string of the molecule is COCCc1ccc(-c2ccc(CCC3CCC(CC/C=C/CCF)CC3)cc2)cc1. The zero-order valence-electron chi connectivity index (χ0n) is 19.2. The number of hydrogen-bond donors (Lipinski definition) is 0. The highest BCUT2D eigenvalue weighted by Gasteiger charge is 2.20. The summed E-state index contributed by atoms with van der Waals surface area (Å²) in [4.78, 5) is 0. The van der Waals surface area contributed by atoms with Gasteiger partial charge in [0.25, 0.3) is 0 Å². The molecular weight excluding hydrogens is 383 g/mol. The average molecular weight is 423 g/mol. The number of methoxy groups -OCH3 is 1. The van der Waals surface area contributed by atoms with Gasteiger partial charge < -0.3 is 4.74 Å². The van der Waals surface area contributed by atoms with Gasteiger partial charge in [-0.2, -0.15) is 0 Å². The number of ether oxygens (including phenoxy) is 1. The first-order chi connectivity index (χ1) is 15.3. The molecular formula is C29H39FO. The Kier molecular flexibility index (Phi) is 10.3. The molecule has 0 N–H and O–H groups in total. The van der Waals surface area contributed by atoms with Crippen molar-refractivity contribution in [3.8, 4) is 11.1 Å². The van der Waals surface area contributed by atoms with Crippen molar-refractivity contribution in [2.24, 2.45) is 11.8 Å². The van der Waals surface area contributed by atoms with Gasteiger partial charge in [-0.25, -0.2) is 0 Å². The van der Waals surface area contributed by atoms with Crippen molar-refractivity contribution in [3.05, 3.63) is 71.8 Å². The largest absolute Gasteiger partial charge is 0.384 e. The Morgan fingerprint density at radius 3 is 1.81 bits per heavy atom. The molecule has 0 radical (unpaired) electrons. The highest BCUT2D eigenvalue weighted by molar-refractivity contribution is 5.64. The van der Waals surface area contributed by atoms with Crippen LogP contribution < -0.4 is 0 Å². The summed E-state index contributed by atoms with van der Waals surface area (Å²) in [6.45, 7) is 0.543. The maximum atomic E-state index is 12.1. The lowest BCUT2D eigenvalue weighted by molar-refractivity contribution is 0.202. The van der Waals surface area contributed by atoms with E-state index in [1.165, 1.54) is 67.2 Å². The Labute approximate surface area is 188 Å². The van der Waals surface area contributed by atoms with E-state index in [1.54, 1.807) is 7.11 Å². The number of allylic oxidation sites excluding steroid dienone is 2. The zero-order chi connectivity index (χ0) is 21.7. The molecule has 1 nitrogen and oxygen atoms in total. The second kappa shape index (κ2) is 13.5. The first-order valence-electron chi connectivity index (χ1n) is 12.2. The molecule has 1 fully saturated rings. The van der Waals surface area contributed by atoms with Crippen LogP contribution in [0.5, 0.6) is 0 Å². The van der Waals surface area contributed by atoms with Gasteiger partial charge in [0, 0.05) is 7.11 Å². The molecule has 0 spiro atoms. The fraction of sp³-hybridized carbons (Fsp3) is 0.517. The monoisotopic (exact) mass is 422 g/mol. The number of halogens is 1. The van der Waals surface area contributed by atoms with Crippen molar-refractivity contribution in [1.82, 2.24) is 0 Å². The Morgan fingerprint density at radius 1 is 0.742 bits per heavy atom. The normalized spacial score (nSPS) is 19.2. The quantitative estimate of drug-likeness (QED) is 0.315. The van der Waals surface area contributed by atoms with Crippen LogP contribution in [0, 0.1) is 11.8 Å². The van der Waals surface area contributed by atoms with Gasteiger partial charge in [0.15, 0.2) is 0 Å². The van der Waals surface area contributed by atoms with Crippen LogP contribution >= 0.6 is 0 Å². The molecule has 2 heteroatoms. The van der Waals surface area contributed by atoms with E-state index in [0.717, 1.165) is 31.3 Å². The van der Waals surface area contributed by atoms with Gasteiger partial charge in [0.05, 0.1) is 13.3 Å². The molecule has 0 aromatic heterocycles. The average Bonchev–Trinajstić information content (AvgIpc) is 2.83. The summed E-state index contributed by atoms with van der Waals surface area (Å²) < 4.78 is 17.3. The predicted molar refractivity (Wildman–Crippen MR) is 130 cm³/mol. The van der Waals surface area contributed by atoms with E-state index in [0.29, 0.717) is 6.42 Å². The molecule has 2 aromatic carbocycles. The van der Waals surface area contributed by atoms with Crippen LogP contribution in [0.4, 0.5) is 4.39 Å². The summed E-state index contributed by atoms with van der Waals surface area (Å²) >= 11 is 0. The van der Waals surface area contributed by atoms with Gasteiger partial charge >= 0.3 is 0 Å². The molecule has 0 bridgehead atoms. The van der Waals surface area contributed by atoms with Crippen LogP contribution in [0.2, 0.25) is 0 Å². The summed E-state index contributed by atoms with van der Waals surface area (Å²) in [5.41, 5.74) is 5.36. The number of aryl methyl sites for hydroxylation is 1. The van der Waals surface area contributed by atoms with Crippen LogP contribution in [0.15, 0.2) is 60.7 Å². The molecule has 0 heterocycles.